The van der Waals surface area contributed by atoms with Crippen molar-refractivity contribution in [1.82, 2.24) is 10.2 Å². The highest BCUT2D eigenvalue weighted by atomic mass is 35.5. The predicted molar refractivity (Wildman–Crippen MR) is 112 cm³/mol. The zero-order chi connectivity index (χ0) is 19.8. The lowest BCUT2D eigenvalue weighted by Crippen LogP contribution is -2.48. The van der Waals surface area contributed by atoms with Gasteiger partial charge in [0.15, 0.2) is 0 Å². The average Bonchev–Trinajstić information content (AvgIpc) is 2.69. The Morgan fingerprint density at radius 3 is 2.41 bits per heavy atom. The van der Waals surface area contributed by atoms with Gasteiger partial charge in [0.05, 0.1) is 15.8 Å². The normalized spacial score (nSPS) is 11.7. The van der Waals surface area contributed by atoms with Crippen LogP contribution in [0.5, 0.6) is 0 Å². The quantitative estimate of drug-likeness (QED) is 0.627. The van der Waals surface area contributed by atoms with Gasteiger partial charge in [-0.3, -0.25) is 9.59 Å². The molecule has 2 aromatic carbocycles. The minimum atomic E-state index is -0.548. The summed E-state index contributed by atoms with van der Waals surface area (Å²) in [6.07, 6.45) is 0.517. The van der Waals surface area contributed by atoms with Crippen molar-refractivity contribution in [3.63, 3.8) is 0 Å². The third-order valence-corrected chi connectivity index (χ3v) is 5.81. The van der Waals surface area contributed by atoms with Crippen LogP contribution in [-0.2, 0) is 16.1 Å². The van der Waals surface area contributed by atoms with Crippen LogP contribution < -0.4 is 5.32 Å². The molecule has 4 nitrogen and oxygen atoms in total. The van der Waals surface area contributed by atoms with Crippen molar-refractivity contribution in [3.05, 3.63) is 64.1 Å². The van der Waals surface area contributed by atoms with Crippen LogP contribution >= 0.6 is 35.0 Å². The van der Waals surface area contributed by atoms with Crippen molar-refractivity contribution < 1.29 is 9.59 Å². The molecular formula is C20H22Cl2N2O2S. The fourth-order valence-corrected chi connectivity index (χ4v) is 3.79. The first-order chi connectivity index (χ1) is 13.0. The number of amides is 2. The molecule has 0 heterocycles. The van der Waals surface area contributed by atoms with E-state index in [1.54, 1.807) is 24.1 Å². The van der Waals surface area contributed by atoms with Gasteiger partial charge in [0, 0.05) is 18.5 Å². The molecule has 0 aliphatic heterocycles. The average molecular weight is 425 g/mol. The number of rotatable bonds is 8. The monoisotopic (exact) mass is 424 g/mol. The van der Waals surface area contributed by atoms with Gasteiger partial charge in [-0.1, -0.05) is 54.4 Å². The van der Waals surface area contributed by atoms with Crippen molar-refractivity contribution in [2.75, 3.05) is 12.8 Å². The van der Waals surface area contributed by atoms with Crippen molar-refractivity contribution in [1.29, 1.82) is 0 Å². The highest BCUT2D eigenvalue weighted by Gasteiger charge is 2.28. The first kappa shape index (κ1) is 21.6. The molecule has 144 valence electrons. The van der Waals surface area contributed by atoms with E-state index in [4.69, 9.17) is 23.2 Å². The summed E-state index contributed by atoms with van der Waals surface area (Å²) in [5.41, 5.74) is 0.824. The molecule has 2 amide bonds. The van der Waals surface area contributed by atoms with E-state index in [0.717, 1.165) is 10.5 Å². The maximum absolute atomic E-state index is 13.0. The first-order valence-electron chi connectivity index (χ1n) is 8.59. The number of thioether (sulfide) groups is 1. The molecular weight excluding hydrogens is 403 g/mol. The molecule has 0 aliphatic rings. The molecule has 0 aromatic heterocycles. The van der Waals surface area contributed by atoms with E-state index in [1.807, 2.05) is 43.3 Å². The lowest BCUT2D eigenvalue weighted by molar-refractivity contribution is -0.139. The summed E-state index contributed by atoms with van der Waals surface area (Å²) in [6, 6.07) is 14.4. The fourth-order valence-electron chi connectivity index (χ4n) is 2.67. The number of hydrogen-bond acceptors (Lipinski definition) is 3. The summed E-state index contributed by atoms with van der Waals surface area (Å²) < 4.78 is 0. The van der Waals surface area contributed by atoms with Crippen LogP contribution in [0, 0.1) is 0 Å². The number of halogens is 2. The molecule has 1 N–H and O–H groups in total. The molecule has 0 radical (unpaired) electrons. The Morgan fingerprint density at radius 1 is 1.11 bits per heavy atom. The topological polar surface area (TPSA) is 49.4 Å². The van der Waals surface area contributed by atoms with Crippen LogP contribution in [0.4, 0.5) is 0 Å². The Morgan fingerprint density at radius 2 is 1.81 bits per heavy atom. The number of likely N-dealkylation sites (N-methyl/N-ethyl adjacent to an activating group) is 1. The molecule has 0 bridgehead atoms. The highest BCUT2D eigenvalue weighted by Crippen LogP contribution is 2.25. The van der Waals surface area contributed by atoms with E-state index in [2.05, 4.69) is 5.32 Å². The molecule has 0 spiro atoms. The van der Waals surface area contributed by atoms with Crippen molar-refractivity contribution in [2.24, 2.45) is 0 Å². The number of carbonyl (C=O) groups is 2. The van der Waals surface area contributed by atoms with E-state index in [1.165, 1.54) is 11.8 Å². The molecule has 7 heteroatoms. The van der Waals surface area contributed by atoms with Gasteiger partial charge in [-0.15, -0.1) is 11.8 Å². The van der Waals surface area contributed by atoms with Crippen LogP contribution in [0.2, 0.25) is 10.0 Å². The summed E-state index contributed by atoms with van der Waals surface area (Å²) >= 11 is 13.5. The van der Waals surface area contributed by atoms with Gasteiger partial charge in [0.2, 0.25) is 11.8 Å². The van der Waals surface area contributed by atoms with E-state index >= 15 is 0 Å². The smallest absolute Gasteiger partial charge is 0.242 e. The van der Waals surface area contributed by atoms with Gasteiger partial charge < -0.3 is 10.2 Å². The lowest BCUT2D eigenvalue weighted by Gasteiger charge is -2.30. The van der Waals surface area contributed by atoms with E-state index in [9.17, 15) is 9.59 Å². The SMILES string of the molecule is CCC(C(=O)NC)N(Cc1ccc(Cl)c(Cl)c1)C(=O)CSc1ccccc1. The zero-order valence-electron chi connectivity index (χ0n) is 15.2. The predicted octanol–water partition coefficient (Wildman–Crippen LogP) is 4.64. The molecule has 0 fully saturated rings. The minimum Gasteiger partial charge on any atom is -0.357 e. The Hall–Kier alpha value is -1.69. The first-order valence-corrected chi connectivity index (χ1v) is 10.3. The zero-order valence-corrected chi connectivity index (χ0v) is 17.6. The van der Waals surface area contributed by atoms with Gasteiger partial charge >= 0.3 is 0 Å². The number of nitrogens with zero attached hydrogens (tertiary/aromatic N) is 1. The Balaban J connectivity index is 2.20. The third-order valence-electron chi connectivity index (χ3n) is 4.07. The second-order valence-corrected chi connectivity index (χ2v) is 7.77. The van der Waals surface area contributed by atoms with Crippen LogP contribution in [0.15, 0.2) is 53.4 Å². The summed E-state index contributed by atoms with van der Waals surface area (Å²) in [5, 5.41) is 3.52. The molecule has 1 atom stereocenters. The number of hydrogen-bond donors (Lipinski definition) is 1. The van der Waals surface area contributed by atoms with E-state index < -0.39 is 6.04 Å². The van der Waals surface area contributed by atoms with Crippen molar-refractivity contribution in [3.8, 4) is 0 Å². The minimum absolute atomic E-state index is 0.106. The third kappa shape index (κ3) is 6.16. The Labute approximate surface area is 174 Å². The van der Waals surface area contributed by atoms with Crippen LogP contribution in [0.1, 0.15) is 18.9 Å². The molecule has 2 aromatic rings. The second kappa shape index (κ2) is 10.6. The van der Waals surface area contributed by atoms with Crippen LogP contribution in [0.25, 0.3) is 0 Å². The summed E-state index contributed by atoms with van der Waals surface area (Å²) in [4.78, 5) is 27.9. The Kier molecular flexibility index (Phi) is 8.48. The maximum Gasteiger partial charge on any atom is 0.242 e. The highest BCUT2D eigenvalue weighted by molar-refractivity contribution is 8.00. The van der Waals surface area contributed by atoms with E-state index in [-0.39, 0.29) is 24.1 Å². The van der Waals surface area contributed by atoms with Crippen LogP contribution in [0.3, 0.4) is 0 Å². The molecule has 2 rings (SSSR count). The van der Waals surface area contributed by atoms with Gasteiger partial charge in [-0.05, 0) is 36.2 Å². The molecule has 1 unspecified atom stereocenters. The maximum atomic E-state index is 13.0. The standard InChI is InChI=1S/C20H22Cl2N2O2S/c1-3-18(20(26)23-2)24(12-14-9-10-16(21)17(22)11-14)19(25)13-27-15-7-5-4-6-8-15/h4-11,18H,3,12-13H2,1-2H3,(H,23,26). The largest absolute Gasteiger partial charge is 0.357 e. The van der Waals surface area contributed by atoms with Crippen molar-refractivity contribution >= 4 is 46.8 Å². The van der Waals surface area contributed by atoms with Gasteiger partial charge in [0.1, 0.15) is 6.04 Å². The summed E-state index contributed by atoms with van der Waals surface area (Å²) in [6.45, 7) is 2.18. The fraction of sp³-hybridized carbons (Fsp3) is 0.300. The molecule has 27 heavy (non-hydrogen) atoms. The number of nitrogens with one attached hydrogen (secondary N) is 1. The number of carbonyl (C=O) groups excluding carboxylic acids is 2. The van der Waals surface area contributed by atoms with Gasteiger partial charge in [-0.25, -0.2) is 0 Å². The number of benzene rings is 2. The van der Waals surface area contributed by atoms with Crippen LogP contribution in [-0.4, -0.2) is 35.6 Å². The molecule has 0 aliphatic carbocycles. The summed E-state index contributed by atoms with van der Waals surface area (Å²) in [7, 11) is 1.57. The van der Waals surface area contributed by atoms with Crippen molar-refractivity contribution in [2.45, 2.75) is 30.8 Å². The Bertz CT molecular complexity index is 787. The molecule has 0 saturated carbocycles. The van der Waals surface area contributed by atoms with Gasteiger partial charge in [0.25, 0.3) is 0 Å². The summed E-state index contributed by atoms with van der Waals surface area (Å²) in [5.74, 6) is -0.0419. The second-order valence-electron chi connectivity index (χ2n) is 5.91. The van der Waals surface area contributed by atoms with E-state index in [0.29, 0.717) is 16.5 Å². The lowest BCUT2D eigenvalue weighted by atomic mass is 10.1. The van der Waals surface area contributed by atoms with Gasteiger partial charge in [-0.2, -0.15) is 0 Å². The molecule has 0 saturated heterocycles.